The summed E-state index contributed by atoms with van der Waals surface area (Å²) in [4.78, 5) is 14.2. The SMILES string of the molecule is CCCCC1CN(C=Cc2ccccc2)CCC1=O. The topological polar surface area (TPSA) is 20.3 Å². The molecule has 102 valence electrons. The zero-order valence-electron chi connectivity index (χ0n) is 11.7. The van der Waals surface area contributed by atoms with Gasteiger partial charge in [0, 0.05) is 25.4 Å². The first-order chi connectivity index (χ1) is 9.29. The van der Waals surface area contributed by atoms with Crippen LogP contribution in [0.1, 0.15) is 38.2 Å². The molecular formula is C17H23NO. The maximum absolute atomic E-state index is 11.9. The molecule has 1 fully saturated rings. The number of hydrogen-bond donors (Lipinski definition) is 0. The number of ketones is 1. The summed E-state index contributed by atoms with van der Waals surface area (Å²) < 4.78 is 0. The Kier molecular flexibility index (Phi) is 5.20. The Hall–Kier alpha value is -1.57. The van der Waals surface area contributed by atoms with Crippen molar-refractivity contribution in [3.8, 4) is 0 Å². The number of carbonyl (C=O) groups excluding carboxylic acids is 1. The van der Waals surface area contributed by atoms with Gasteiger partial charge in [0.25, 0.3) is 0 Å². The molecule has 2 rings (SSSR count). The fraction of sp³-hybridized carbons (Fsp3) is 0.471. The third-order valence-electron chi connectivity index (χ3n) is 3.74. The molecule has 0 N–H and O–H groups in total. The minimum Gasteiger partial charge on any atom is -0.376 e. The van der Waals surface area contributed by atoms with Gasteiger partial charge < -0.3 is 4.90 Å². The molecule has 2 heteroatoms. The van der Waals surface area contributed by atoms with Gasteiger partial charge in [-0.3, -0.25) is 4.79 Å². The van der Waals surface area contributed by atoms with E-state index in [2.05, 4.69) is 36.2 Å². The minimum atomic E-state index is 0.245. The highest BCUT2D eigenvalue weighted by atomic mass is 16.1. The van der Waals surface area contributed by atoms with E-state index < -0.39 is 0 Å². The van der Waals surface area contributed by atoms with Crippen molar-refractivity contribution in [3.05, 3.63) is 42.1 Å². The normalized spacial score (nSPS) is 20.2. The number of hydrogen-bond acceptors (Lipinski definition) is 2. The summed E-state index contributed by atoms with van der Waals surface area (Å²) in [6.45, 7) is 3.94. The van der Waals surface area contributed by atoms with Crippen LogP contribution in [0.3, 0.4) is 0 Å². The Morgan fingerprint density at radius 2 is 2.11 bits per heavy atom. The number of benzene rings is 1. The summed E-state index contributed by atoms with van der Waals surface area (Å²) in [6.07, 6.45) is 8.35. The molecule has 0 amide bonds. The van der Waals surface area contributed by atoms with Crippen molar-refractivity contribution in [3.63, 3.8) is 0 Å². The maximum atomic E-state index is 11.9. The molecule has 1 atom stereocenters. The highest BCUT2D eigenvalue weighted by Gasteiger charge is 2.24. The van der Waals surface area contributed by atoms with Crippen LogP contribution in [0.5, 0.6) is 0 Å². The van der Waals surface area contributed by atoms with Crippen molar-refractivity contribution in [2.75, 3.05) is 13.1 Å². The van der Waals surface area contributed by atoms with Crippen molar-refractivity contribution < 1.29 is 4.79 Å². The molecule has 1 aromatic rings. The zero-order valence-corrected chi connectivity index (χ0v) is 11.7. The second kappa shape index (κ2) is 7.13. The van der Waals surface area contributed by atoms with Crippen molar-refractivity contribution >= 4 is 11.9 Å². The van der Waals surface area contributed by atoms with Gasteiger partial charge in [-0.2, -0.15) is 0 Å². The van der Waals surface area contributed by atoms with Crippen LogP contribution in [0.2, 0.25) is 0 Å². The molecule has 0 spiro atoms. The molecule has 1 aliphatic rings. The van der Waals surface area contributed by atoms with Crippen LogP contribution in [-0.2, 0) is 4.79 Å². The van der Waals surface area contributed by atoms with E-state index in [-0.39, 0.29) is 5.92 Å². The maximum Gasteiger partial charge on any atom is 0.139 e. The van der Waals surface area contributed by atoms with Crippen molar-refractivity contribution in [1.82, 2.24) is 4.90 Å². The molecule has 1 unspecified atom stereocenters. The summed E-state index contributed by atoms with van der Waals surface area (Å²) >= 11 is 0. The summed E-state index contributed by atoms with van der Waals surface area (Å²) in [5.41, 5.74) is 1.21. The predicted molar refractivity (Wildman–Crippen MR) is 79.7 cm³/mol. The highest BCUT2D eigenvalue weighted by molar-refractivity contribution is 5.82. The largest absolute Gasteiger partial charge is 0.376 e. The van der Waals surface area contributed by atoms with Crippen LogP contribution in [0.25, 0.3) is 6.08 Å². The van der Waals surface area contributed by atoms with Crippen LogP contribution in [0.15, 0.2) is 36.5 Å². The van der Waals surface area contributed by atoms with Gasteiger partial charge in [-0.25, -0.2) is 0 Å². The fourth-order valence-electron chi connectivity index (χ4n) is 2.53. The van der Waals surface area contributed by atoms with Crippen LogP contribution in [0.4, 0.5) is 0 Å². The minimum absolute atomic E-state index is 0.245. The molecule has 1 aromatic carbocycles. The summed E-state index contributed by atoms with van der Waals surface area (Å²) in [7, 11) is 0. The number of rotatable bonds is 5. The number of nitrogens with zero attached hydrogens (tertiary/aromatic N) is 1. The van der Waals surface area contributed by atoms with Crippen LogP contribution < -0.4 is 0 Å². The molecule has 0 bridgehead atoms. The molecule has 19 heavy (non-hydrogen) atoms. The average Bonchev–Trinajstić information content (AvgIpc) is 2.46. The van der Waals surface area contributed by atoms with Crippen molar-refractivity contribution in [1.29, 1.82) is 0 Å². The Labute approximate surface area is 116 Å². The van der Waals surface area contributed by atoms with Gasteiger partial charge in [0.1, 0.15) is 5.78 Å². The Bertz CT molecular complexity index is 424. The Morgan fingerprint density at radius 1 is 1.32 bits per heavy atom. The average molecular weight is 257 g/mol. The van der Waals surface area contributed by atoms with Crippen molar-refractivity contribution in [2.45, 2.75) is 32.6 Å². The number of likely N-dealkylation sites (tertiary alicyclic amines) is 1. The van der Waals surface area contributed by atoms with E-state index in [9.17, 15) is 4.79 Å². The first-order valence-corrected chi connectivity index (χ1v) is 7.29. The molecule has 0 aromatic heterocycles. The quantitative estimate of drug-likeness (QED) is 0.801. The zero-order chi connectivity index (χ0) is 13.5. The number of unbranched alkanes of at least 4 members (excludes halogenated alkanes) is 1. The van der Waals surface area contributed by atoms with E-state index in [0.717, 1.165) is 25.9 Å². The predicted octanol–water partition coefficient (Wildman–Crippen LogP) is 3.74. The second-order valence-corrected chi connectivity index (χ2v) is 5.28. The van der Waals surface area contributed by atoms with E-state index in [1.807, 2.05) is 18.2 Å². The first-order valence-electron chi connectivity index (χ1n) is 7.29. The van der Waals surface area contributed by atoms with Crippen LogP contribution >= 0.6 is 0 Å². The van der Waals surface area contributed by atoms with Crippen LogP contribution in [-0.4, -0.2) is 23.8 Å². The molecule has 1 heterocycles. The summed E-state index contributed by atoms with van der Waals surface area (Å²) in [5, 5.41) is 0. The van der Waals surface area contributed by atoms with Gasteiger partial charge in [-0.05, 0) is 24.3 Å². The second-order valence-electron chi connectivity index (χ2n) is 5.28. The van der Waals surface area contributed by atoms with E-state index >= 15 is 0 Å². The molecule has 2 nitrogen and oxygen atoms in total. The number of carbonyl (C=O) groups is 1. The number of Topliss-reactive ketones (excluding diaryl/α,β-unsaturated/α-hetero) is 1. The lowest BCUT2D eigenvalue weighted by Crippen LogP contribution is -2.37. The smallest absolute Gasteiger partial charge is 0.139 e. The molecular weight excluding hydrogens is 234 g/mol. The lowest BCUT2D eigenvalue weighted by atomic mass is 9.92. The number of piperidine rings is 1. The standard InChI is InChI=1S/C17H23NO/c1-2-3-9-16-14-18(13-11-17(16)19)12-10-15-7-5-4-6-8-15/h4-8,10,12,16H,2-3,9,11,13-14H2,1H3. The van der Waals surface area contributed by atoms with E-state index in [0.29, 0.717) is 12.2 Å². The monoisotopic (exact) mass is 257 g/mol. The van der Waals surface area contributed by atoms with Gasteiger partial charge in [0.2, 0.25) is 0 Å². The van der Waals surface area contributed by atoms with Crippen LogP contribution in [0, 0.1) is 5.92 Å². The molecule has 0 saturated carbocycles. The molecule has 0 aliphatic carbocycles. The van der Waals surface area contributed by atoms with Crippen molar-refractivity contribution in [2.24, 2.45) is 5.92 Å². The lowest BCUT2D eigenvalue weighted by molar-refractivity contribution is -0.125. The lowest BCUT2D eigenvalue weighted by Gasteiger charge is -2.30. The van der Waals surface area contributed by atoms with E-state index in [1.165, 1.54) is 12.0 Å². The molecule has 1 aliphatic heterocycles. The highest BCUT2D eigenvalue weighted by Crippen LogP contribution is 2.19. The summed E-state index contributed by atoms with van der Waals surface area (Å²) in [5.74, 6) is 0.701. The van der Waals surface area contributed by atoms with Gasteiger partial charge in [0.05, 0.1) is 0 Å². The third kappa shape index (κ3) is 4.23. The van der Waals surface area contributed by atoms with Gasteiger partial charge >= 0.3 is 0 Å². The van der Waals surface area contributed by atoms with Gasteiger partial charge in [-0.1, -0.05) is 50.1 Å². The van der Waals surface area contributed by atoms with Gasteiger partial charge in [0.15, 0.2) is 0 Å². The third-order valence-corrected chi connectivity index (χ3v) is 3.74. The van der Waals surface area contributed by atoms with Gasteiger partial charge in [-0.15, -0.1) is 0 Å². The van der Waals surface area contributed by atoms with E-state index in [4.69, 9.17) is 0 Å². The Morgan fingerprint density at radius 3 is 2.84 bits per heavy atom. The molecule has 0 radical (unpaired) electrons. The van der Waals surface area contributed by atoms with E-state index in [1.54, 1.807) is 0 Å². The fourth-order valence-corrected chi connectivity index (χ4v) is 2.53. The summed E-state index contributed by atoms with van der Waals surface area (Å²) in [6, 6.07) is 10.3. The first kappa shape index (κ1) is 13.9. The molecule has 1 saturated heterocycles. The Balaban J connectivity index is 1.91.